The van der Waals surface area contributed by atoms with Gasteiger partial charge in [0.25, 0.3) is 5.91 Å². The Morgan fingerprint density at radius 3 is 2.10 bits per heavy atom. The van der Waals surface area contributed by atoms with Crippen molar-refractivity contribution in [3.05, 3.63) is 90.3 Å². The molecule has 1 aromatic heterocycles. The number of piperazine rings is 1. The number of para-hydroxylation sites is 1. The Kier molecular flexibility index (Phi) is 5.75. The van der Waals surface area contributed by atoms with Gasteiger partial charge in [0.05, 0.1) is 0 Å². The number of carbonyl (C=O) groups excluding carboxylic acids is 1. The first-order valence-corrected chi connectivity index (χ1v) is 10.0. The van der Waals surface area contributed by atoms with Gasteiger partial charge in [0.2, 0.25) is 0 Å². The summed E-state index contributed by atoms with van der Waals surface area (Å²) in [5.74, 6) is -0.0568. The predicted molar refractivity (Wildman–Crippen MR) is 117 cm³/mol. The zero-order valence-electron chi connectivity index (χ0n) is 16.7. The van der Waals surface area contributed by atoms with Gasteiger partial charge in [-0.25, -0.2) is 0 Å². The van der Waals surface area contributed by atoms with Crippen LogP contribution in [0.2, 0.25) is 0 Å². The van der Waals surface area contributed by atoms with E-state index < -0.39 is 0 Å². The Balaban J connectivity index is 1.40. The molecule has 0 unspecified atom stereocenters. The maximum atomic E-state index is 12.9. The summed E-state index contributed by atoms with van der Waals surface area (Å²) in [4.78, 5) is 23.6. The van der Waals surface area contributed by atoms with Crippen molar-refractivity contribution < 1.29 is 4.79 Å². The van der Waals surface area contributed by atoms with Crippen molar-refractivity contribution in [2.75, 3.05) is 43.0 Å². The van der Waals surface area contributed by atoms with E-state index in [4.69, 9.17) is 0 Å². The van der Waals surface area contributed by atoms with Crippen LogP contribution in [0.15, 0.2) is 79.0 Å². The SMILES string of the molecule is CN(Cc1ccccc1)C(=O)c1cc(N2CCN(c3ccccc3)CC2)ccn1. The molecule has 0 saturated carbocycles. The van der Waals surface area contributed by atoms with Crippen molar-refractivity contribution in [1.82, 2.24) is 9.88 Å². The summed E-state index contributed by atoms with van der Waals surface area (Å²) in [7, 11) is 1.82. The minimum Gasteiger partial charge on any atom is -0.368 e. The van der Waals surface area contributed by atoms with Gasteiger partial charge in [-0.05, 0) is 29.8 Å². The van der Waals surface area contributed by atoms with Crippen LogP contribution in [0.4, 0.5) is 11.4 Å². The van der Waals surface area contributed by atoms with E-state index >= 15 is 0 Å². The lowest BCUT2D eigenvalue weighted by atomic mass is 10.2. The number of amides is 1. The van der Waals surface area contributed by atoms with Crippen molar-refractivity contribution in [3.63, 3.8) is 0 Å². The van der Waals surface area contributed by atoms with Gasteiger partial charge in [-0.1, -0.05) is 48.5 Å². The number of benzene rings is 2. The first kappa shape index (κ1) is 19.0. The standard InChI is InChI=1S/C24H26N4O/c1-26(19-20-8-4-2-5-9-20)24(29)23-18-22(12-13-25-23)28-16-14-27(15-17-28)21-10-6-3-7-11-21/h2-13,18H,14-17,19H2,1H3. The van der Waals surface area contributed by atoms with Crippen LogP contribution in [0.1, 0.15) is 16.1 Å². The van der Waals surface area contributed by atoms with Crippen LogP contribution >= 0.6 is 0 Å². The third kappa shape index (κ3) is 4.57. The molecule has 0 radical (unpaired) electrons. The third-order valence-corrected chi connectivity index (χ3v) is 5.34. The minimum absolute atomic E-state index is 0.0568. The number of pyridine rings is 1. The Bertz CT molecular complexity index is 937. The second-order valence-electron chi connectivity index (χ2n) is 7.36. The third-order valence-electron chi connectivity index (χ3n) is 5.34. The van der Waals surface area contributed by atoms with Gasteiger partial charge in [0.1, 0.15) is 5.69 Å². The number of carbonyl (C=O) groups is 1. The molecular formula is C24H26N4O. The molecule has 0 aliphatic carbocycles. The van der Waals surface area contributed by atoms with E-state index in [9.17, 15) is 4.79 Å². The van der Waals surface area contributed by atoms with Crippen molar-refractivity contribution in [2.45, 2.75) is 6.54 Å². The van der Waals surface area contributed by atoms with Crippen molar-refractivity contribution in [1.29, 1.82) is 0 Å². The number of nitrogens with zero attached hydrogens (tertiary/aromatic N) is 4. The molecule has 0 N–H and O–H groups in total. The fourth-order valence-electron chi connectivity index (χ4n) is 3.72. The highest BCUT2D eigenvalue weighted by Gasteiger charge is 2.20. The summed E-state index contributed by atoms with van der Waals surface area (Å²) >= 11 is 0. The molecule has 0 atom stereocenters. The highest BCUT2D eigenvalue weighted by molar-refractivity contribution is 5.93. The van der Waals surface area contributed by atoms with Gasteiger partial charge in [-0.2, -0.15) is 0 Å². The van der Waals surface area contributed by atoms with E-state index in [0.29, 0.717) is 12.2 Å². The Hall–Kier alpha value is -3.34. The lowest BCUT2D eigenvalue weighted by Crippen LogP contribution is -2.46. The van der Waals surface area contributed by atoms with E-state index in [1.165, 1.54) is 5.69 Å². The summed E-state index contributed by atoms with van der Waals surface area (Å²) in [6, 6.07) is 24.4. The molecular weight excluding hydrogens is 360 g/mol. The molecule has 1 aliphatic heterocycles. The molecule has 2 aromatic carbocycles. The topological polar surface area (TPSA) is 39.7 Å². The van der Waals surface area contributed by atoms with Crippen molar-refractivity contribution >= 4 is 17.3 Å². The average Bonchev–Trinajstić information content (AvgIpc) is 2.80. The largest absolute Gasteiger partial charge is 0.368 e. The maximum absolute atomic E-state index is 12.9. The van der Waals surface area contributed by atoms with E-state index in [-0.39, 0.29) is 5.91 Å². The van der Waals surface area contributed by atoms with Crippen LogP contribution in [-0.4, -0.2) is 49.0 Å². The lowest BCUT2D eigenvalue weighted by Gasteiger charge is -2.37. The molecule has 1 saturated heterocycles. The highest BCUT2D eigenvalue weighted by atomic mass is 16.2. The average molecular weight is 386 g/mol. The molecule has 1 fully saturated rings. The monoisotopic (exact) mass is 386 g/mol. The summed E-state index contributed by atoms with van der Waals surface area (Å²) in [6.45, 7) is 4.34. The summed E-state index contributed by atoms with van der Waals surface area (Å²) in [6.07, 6.45) is 1.74. The Morgan fingerprint density at radius 1 is 0.862 bits per heavy atom. The van der Waals surface area contributed by atoms with E-state index in [1.807, 2.05) is 55.6 Å². The van der Waals surface area contributed by atoms with Crippen LogP contribution in [0.5, 0.6) is 0 Å². The number of anilines is 2. The van der Waals surface area contributed by atoms with Gasteiger partial charge >= 0.3 is 0 Å². The first-order chi connectivity index (χ1) is 14.2. The van der Waals surface area contributed by atoms with Gasteiger partial charge in [-0.3, -0.25) is 9.78 Å². The fourth-order valence-corrected chi connectivity index (χ4v) is 3.72. The summed E-state index contributed by atoms with van der Waals surface area (Å²) in [5, 5.41) is 0. The molecule has 2 heterocycles. The second kappa shape index (κ2) is 8.78. The van der Waals surface area contributed by atoms with Crippen LogP contribution in [0.25, 0.3) is 0 Å². The molecule has 3 aromatic rings. The first-order valence-electron chi connectivity index (χ1n) is 10.0. The van der Waals surface area contributed by atoms with E-state index in [0.717, 1.165) is 37.4 Å². The van der Waals surface area contributed by atoms with E-state index in [1.54, 1.807) is 11.1 Å². The van der Waals surface area contributed by atoms with E-state index in [2.05, 4.69) is 39.0 Å². The Labute approximate surface area is 172 Å². The van der Waals surface area contributed by atoms with Crippen molar-refractivity contribution in [3.8, 4) is 0 Å². The second-order valence-corrected chi connectivity index (χ2v) is 7.36. The quantitative estimate of drug-likeness (QED) is 0.671. The van der Waals surface area contributed by atoms with Crippen LogP contribution in [0, 0.1) is 0 Å². The molecule has 4 rings (SSSR count). The molecule has 5 heteroatoms. The maximum Gasteiger partial charge on any atom is 0.272 e. The van der Waals surface area contributed by atoms with Gasteiger partial charge < -0.3 is 14.7 Å². The number of hydrogen-bond donors (Lipinski definition) is 0. The molecule has 0 spiro atoms. The van der Waals surface area contributed by atoms with Crippen LogP contribution in [-0.2, 0) is 6.54 Å². The van der Waals surface area contributed by atoms with Gasteiger partial charge in [0, 0.05) is 57.3 Å². The molecule has 29 heavy (non-hydrogen) atoms. The van der Waals surface area contributed by atoms with Gasteiger partial charge in [0.15, 0.2) is 0 Å². The fraction of sp³-hybridized carbons (Fsp3) is 0.250. The van der Waals surface area contributed by atoms with Crippen LogP contribution < -0.4 is 9.80 Å². The molecule has 0 bridgehead atoms. The number of rotatable bonds is 5. The predicted octanol–water partition coefficient (Wildman–Crippen LogP) is 3.68. The lowest BCUT2D eigenvalue weighted by molar-refractivity contribution is 0.0779. The smallest absolute Gasteiger partial charge is 0.272 e. The number of hydrogen-bond acceptors (Lipinski definition) is 4. The Morgan fingerprint density at radius 2 is 1.45 bits per heavy atom. The van der Waals surface area contributed by atoms with Crippen LogP contribution in [0.3, 0.4) is 0 Å². The number of aromatic nitrogens is 1. The summed E-state index contributed by atoms with van der Waals surface area (Å²) in [5.41, 5.74) is 3.92. The summed E-state index contributed by atoms with van der Waals surface area (Å²) < 4.78 is 0. The molecule has 1 aliphatic rings. The minimum atomic E-state index is -0.0568. The molecule has 1 amide bonds. The normalized spacial score (nSPS) is 14.0. The molecule has 5 nitrogen and oxygen atoms in total. The van der Waals surface area contributed by atoms with Crippen molar-refractivity contribution in [2.24, 2.45) is 0 Å². The molecule has 148 valence electrons. The van der Waals surface area contributed by atoms with Gasteiger partial charge in [-0.15, -0.1) is 0 Å². The zero-order chi connectivity index (χ0) is 20.1. The highest BCUT2D eigenvalue weighted by Crippen LogP contribution is 2.21. The zero-order valence-corrected chi connectivity index (χ0v) is 16.7.